The van der Waals surface area contributed by atoms with E-state index in [-0.39, 0.29) is 24.1 Å². The molecule has 2 aliphatic heterocycles. The van der Waals surface area contributed by atoms with E-state index in [9.17, 15) is 18.8 Å². The third-order valence-corrected chi connectivity index (χ3v) is 4.25. The van der Waals surface area contributed by atoms with Crippen molar-refractivity contribution in [1.29, 1.82) is 0 Å². The molecule has 6 nitrogen and oxygen atoms in total. The van der Waals surface area contributed by atoms with Crippen LogP contribution in [0.3, 0.4) is 0 Å². The van der Waals surface area contributed by atoms with Crippen molar-refractivity contribution in [1.82, 2.24) is 15.5 Å². The molecule has 0 aromatic heterocycles. The highest BCUT2D eigenvalue weighted by atomic mass is 19.1. The smallest absolute Gasteiger partial charge is 0.322 e. The van der Waals surface area contributed by atoms with Crippen molar-refractivity contribution in [3.05, 3.63) is 35.6 Å². The lowest BCUT2D eigenvalue weighted by atomic mass is 9.87. The van der Waals surface area contributed by atoms with Gasteiger partial charge in [0.2, 0.25) is 5.91 Å². The van der Waals surface area contributed by atoms with E-state index in [2.05, 4.69) is 10.6 Å². The van der Waals surface area contributed by atoms with Crippen LogP contribution in [0, 0.1) is 5.82 Å². The third kappa shape index (κ3) is 2.66. The minimum Gasteiger partial charge on any atom is -0.342 e. The summed E-state index contributed by atoms with van der Waals surface area (Å²) in [5.74, 6) is -0.714. The van der Waals surface area contributed by atoms with Gasteiger partial charge in [0, 0.05) is 13.1 Å². The van der Waals surface area contributed by atoms with Crippen LogP contribution in [-0.4, -0.2) is 41.4 Å². The molecule has 0 bridgehead atoms. The summed E-state index contributed by atoms with van der Waals surface area (Å²) in [5.41, 5.74) is -0.123. The molecule has 2 saturated heterocycles. The Kier molecular flexibility index (Phi) is 3.56. The highest BCUT2D eigenvalue weighted by molar-refractivity contribution is 6.07. The molecule has 0 saturated carbocycles. The lowest BCUT2D eigenvalue weighted by Gasteiger charge is -2.37. The second-order valence-corrected chi connectivity index (χ2v) is 5.67. The number of rotatable bonds is 2. The van der Waals surface area contributed by atoms with E-state index < -0.39 is 11.6 Å². The molecule has 2 heterocycles. The molecule has 2 aliphatic rings. The van der Waals surface area contributed by atoms with Crippen LogP contribution >= 0.6 is 0 Å². The Morgan fingerprint density at radius 1 is 1.18 bits per heavy atom. The first kappa shape index (κ1) is 14.5. The molecule has 1 spiro atoms. The first-order valence-electron chi connectivity index (χ1n) is 7.14. The second kappa shape index (κ2) is 5.40. The first-order chi connectivity index (χ1) is 10.5. The first-order valence-corrected chi connectivity index (χ1v) is 7.14. The summed E-state index contributed by atoms with van der Waals surface area (Å²) in [7, 11) is 0. The predicted molar refractivity (Wildman–Crippen MR) is 75.3 cm³/mol. The van der Waals surface area contributed by atoms with Crippen molar-refractivity contribution >= 4 is 17.8 Å². The number of nitrogens with zero attached hydrogens (tertiary/aromatic N) is 1. The summed E-state index contributed by atoms with van der Waals surface area (Å²) in [4.78, 5) is 37.0. The van der Waals surface area contributed by atoms with Gasteiger partial charge >= 0.3 is 6.03 Å². The van der Waals surface area contributed by atoms with Gasteiger partial charge in [-0.05, 0) is 30.5 Å². The van der Waals surface area contributed by atoms with Gasteiger partial charge in [0.05, 0.1) is 6.42 Å². The highest BCUT2D eigenvalue weighted by Crippen LogP contribution is 2.25. The fourth-order valence-corrected chi connectivity index (χ4v) is 2.91. The van der Waals surface area contributed by atoms with Crippen molar-refractivity contribution in [2.75, 3.05) is 13.1 Å². The highest BCUT2D eigenvalue weighted by Gasteiger charge is 2.48. The van der Waals surface area contributed by atoms with Gasteiger partial charge in [-0.3, -0.25) is 14.9 Å². The third-order valence-electron chi connectivity index (χ3n) is 4.25. The maximum atomic E-state index is 12.8. The van der Waals surface area contributed by atoms with Crippen LogP contribution in [0.25, 0.3) is 0 Å². The zero-order valence-corrected chi connectivity index (χ0v) is 11.9. The summed E-state index contributed by atoms with van der Waals surface area (Å²) in [6, 6.07) is 5.35. The average Bonchev–Trinajstić information content (AvgIpc) is 2.76. The molecule has 116 valence electrons. The van der Waals surface area contributed by atoms with Crippen LogP contribution in [0.2, 0.25) is 0 Å². The Hall–Kier alpha value is -2.44. The number of carbonyl (C=O) groups excluding carboxylic acids is 3. The molecule has 0 unspecified atom stereocenters. The van der Waals surface area contributed by atoms with Gasteiger partial charge in [-0.25, -0.2) is 9.18 Å². The molecule has 0 atom stereocenters. The number of halogens is 1. The quantitative estimate of drug-likeness (QED) is 0.784. The summed E-state index contributed by atoms with van der Waals surface area (Å²) in [6.07, 6.45) is 1.01. The van der Waals surface area contributed by atoms with E-state index in [1.54, 1.807) is 17.0 Å². The van der Waals surface area contributed by atoms with Gasteiger partial charge in [0.1, 0.15) is 11.4 Å². The molecule has 1 aromatic rings. The van der Waals surface area contributed by atoms with E-state index in [4.69, 9.17) is 0 Å². The van der Waals surface area contributed by atoms with E-state index >= 15 is 0 Å². The van der Waals surface area contributed by atoms with E-state index in [0.29, 0.717) is 25.9 Å². The molecule has 3 rings (SSSR count). The van der Waals surface area contributed by atoms with Gasteiger partial charge < -0.3 is 10.2 Å². The van der Waals surface area contributed by atoms with Gasteiger partial charge in [-0.15, -0.1) is 0 Å². The lowest BCUT2D eigenvalue weighted by Crippen LogP contribution is -2.55. The Bertz CT molecular complexity index is 621. The van der Waals surface area contributed by atoms with Gasteiger partial charge in [-0.1, -0.05) is 12.1 Å². The number of hydrogen-bond donors (Lipinski definition) is 2. The number of piperidine rings is 1. The van der Waals surface area contributed by atoms with Crippen LogP contribution in [0.5, 0.6) is 0 Å². The molecule has 1 aromatic carbocycles. The number of urea groups is 1. The van der Waals surface area contributed by atoms with Crippen molar-refractivity contribution in [2.24, 2.45) is 0 Å². The number of hydrogen-bond acceptors (Lipinski definition) is 3. The number of benzene rings is 1. The van der Waals surface area contributed by atoms with Crippen LogP contribution < -0.4 is 10.6 Å². The summed E-state index contributed by atoms with van der Waals surface area (Å²) in [5, 5.41) is 4.89. The van der Waals surface area contributed by atoms with Crippen LogP contribution in [0.1, 0.15) is 18.4 Å². The predicted octanol–water partition coefficient (Wildman–Crippen LogP) is 0.569. The summed E-state index contributed by atoms with van der Waals surface area (Å²) < 4.78 is 12.8. The minimum atomic E-state index is -0.871. The maximum Gasteiger partial charge on any atom is 0.322 e. The number of likely N-dealkylation sites (tertiary alicyclic amines) is 1. The second-order valence-electron chi connectivity index (χ2n) is 5.67. The normalized spacial score (nSPS) is 20.0. The fraction of sp³-hybridized carbons (Fsp3) is 0.400. The number of carbonyl (C=O) groups is 3. The van der Waals surface area contributed by atoms with Crippen molar-refractivity contribution in [3.8, 4) is 0 Å². The number of nitrogens with one attached hydrogen (secondary N) is 2. The van der Waals surface area contributed by atoms with Gasteiger partial charge in [-0.2, -0.15) is 0 Å². The largest absolute Gasteiger partial charge is 0.342 e. The summed E-state index contributed by atoms with van der Waals surface area (Å²) >= 11 is 0. The molecular weight excluding hydrogens is 289 g/mol. The summed E-state index contributed by atoms with van der Waals surface area (Å²) in [6.45, 7) is 0.821. The van der Waals surface area contributed by atoms with Crippen LogP contribution in [0.15, 0.2) is 24.3 Å². The van der Waals surface area contributed by atoms with Crippen molar-refractivity contribution < 1.29 is 18.8 Å². The molecule has 0 aliphatic carbocycles. The SMILES string of the molecule is O=C1NC(=O)C2(CCN(C(=O)Cc3ccc(F)cc3)CC2)N1. The zero-order valence-electron chi connectivity index (χ0n) is 11.9. The monoisotopic (exact) mass is 305 g/mol. The standard InChI is InChI=1S/C15H16FN3O3/c16-11-3-1-10(2-4-11)9-12(20)19-7-5-15(6-8-19)13(21)17-14(22)18-15/h1-4H,5-9H2,(H2,17,18,21,22). The number of imide groups is 1. The fourth-order valence-electron chi connectivity index (χ4n) is 2.91. The number of amides is 4. The Morgan fingerprint density at radius 3 is 2.36 bits per heavy atom. The molecule has 22 heavy (non-hydrogen) atoms. The Balaban J connectivity index is 1.59. The molecule has 7 heteroatoms. The Morgan fingerprint density at radius 2 is 1.82 bits per heavy atom. The van der Waals surface area contributed by atoms with Crippen LogP contribution in [0.4, 0.5) is 9.18 Å². The minimum absolute atomic E-state index is 0.0637. The van der Waals surface area contributed by atoms with Gasteiger partial charge in [0.15, 0.2) is 0 Å². The van der Waals surface area contributed by atoms with Gasteiger partial charge in [0.25, 0.3) is 5.91 Å². The van der Waals surface area contributed by atoms with E-state index in [0.717, 1.165) is 5.56 Å². The molecular formula is C15H16FN3O3. The topological polar surface area (TPSA) is 78.5 Å². The molecule has 4 amide bonds. The molecule has 0 radical (unpaired) electrons. The van der Waals surface area contributed by atoms with Crippen molar-refractivity contribution in [3.63, 3.8) is 0 Å². The maximum absolute atomic E-state index is 12.8. The molecule has 2 fully saturated rings. The van der Waals surface area contributed by atoms with E-state index in [1.807, 2.05) is 0 Å². The average molecular weight is 305 g/mol. The Labute approximate surface area is 126 Å². The van der Waals surface area contributed by atoms with E-state index in [1.165, 1.54) is 12.1 Å². The van der Waals surface area contributed by atoms with Crippen molar-refractivity contribution in [2.45, 2.75) is 24.8 Å². The molecule has 2 N–H and O–H groups in total. The lowest BCUT2D eigenvalue weighted by molar-refractivity contribution is -0.135. The zero-order chi connectivity index (χ0) is 15.7. The van der Waals surface area contributed by atoms with Crippen LogP contribution in [-0.2, 0) is 16.0 Å².